The van der Waals surface area contributed by atoms with Crippen molar-refractivity contribution in [2.24, 2.45) is 0 Å². The molecule has 0 amide bonds. The number of nitrogens with one attached hydrogen (secondary N) is 1. The smallest absolute Gasteiger partial charge is 0.336 e. The van der Waals surface area contributed by atoms with Crippen LogP contribution < -0.4 is 10.5 Å². The first kappa shape index (κ1) is 16.2. The van der Waals surface area contributed by atoms with E-state index in [-0.39, 0.29) is 12.2 Å². The van der Waals surface area contributed by atoms with Gasteiger partial charge in [0.05, 0.1) is 12.6 Å². The molecule has 2 aromatic rings. The number of hydrogen-bond acceptors (Lipinski definition) is 3. The van der Waals surface area contributed by atoms with Crippen molar-refractivity contribution in [3.63, 3.8) is 0 Å². The molecule has 1 unspecified atom stereocenters. The molecule has 0 spiro atoms. The molecular formula is C19H26NO3+. The normalized spacial score (nSPS) is 21.7. The highest BCUT2D eigenvalue weighted by atomic mass is 16.4. The van der Waals surface area contributed by atoms with Crippen LogP contribution in [0.25, 0.3) is 11.0 Å². The van der Waals surface area contributed by atoms with Crippen molar-refractivity contribution in [2.45, 2.75) is 52.1 Å². The van der Waals surface area contributed by atoms with Gasteiger partial charge in [0.25, 0.3) is 0 Å². The SMILES string of the molecule is Cc1ccc2c(C[NH+]3CCCC[C@H]3CCO)cc(=O)oc2c1C. The van der Waals surface area contributed by atoms with E-state index in [0.717, 1.165) is 53.6 Å². The highest BCUT2D eigenvalue weighted by Gasteiger charge is 2.26. The van der Waals surface area contributed by atoms with Gasteiger partial charge in [-0.1, -0.05) is 12.1 Å². The van der Waals surface area contributed by atoms with E-state index in [2.05, 4.69) is 12.1 Å². The third-order valence-electron chi connectivity index (χ3n) is 5.29. The number of aliphatic hydroxyl groups excluding tert-OH is 1. The van der Waals surface area contributed by atoms with Crippen LogP contribution in [0.4, 0.5) is 0 Å². The van der Waals surface area contributed by atoms with Crippen LogP contribution in [0.15, 0.2) is 27.4 Å². The molecule has 0 bridgehead atoms. The van der Waals surface area contributed by atoms with Crippen molar-refractivity contribution in [3.05, 3.63) is 45.3 Å². The van der Waals surface area contributed by atoms with Gasteiger partial charge in [0.1, 0.15) is 12.1 Å². The van der Waals surface area contributed by atoms with Crippen molar-refractivity contribution < 1.29 is 14.4 Å². The standard InChI is InChI=1S/C19H25NO3/c1-13-6-7-17-15(11-18(22)23-19(17)14(13)2)12-20-9-4-3-5-16(20)8-10-21/h6-7,11,16,21H,3-5,8-10,12H2,1-2H3/p+1/t16-/m0/s1. The van der Waals surface area contributed by atoms with Gasteiger partial charge in [0, 0.05) is 30.0 Å². The average molecular weight is 316 g/mol. The average Bonchev–Trinajstić information content (AvgIpc) is 2.53. The summed E-state index contributed by atoms with van der Waals surface area (Å²) < 4.78 is 5.47. The summed E-state index contributed by atoms with van der Waals surface area (Å²) in [7, 11) is 0. The van der Waals surface area contributed by atoms with E-state index in [0.29, 0.717) is 6.04 Å². The molecule has 1 aromatic carbocycles. The van der Waals surface area contributed by atoms with Crippen molar-refractivity contribution in [2.75, 3.05) is 13.2 Å². The summed E-state index contributed by atoms with van der Waals surface area (Å²) in [6.45, 7) is 6.22. The maximum atomic E-state index is 12.0. The lowest BCUT2D eigenvalue weighted by Gasteiger charge is -2.32. The third kappa shape index (κ3) is 3.33. The molecule has 2 N–H and O–H groups in total. The Kier molecular flexibility index (Phi) is 4.83. The topological polar surface area (TPSA) is 54.9 Å². The molecule has 0 saturated carbocycles. The summed E-state index contributed by atoms with van der Waals surface area (Å²) in [6.07, 6.45) is 4.46. The Morgan fingerprint density at radius 2 is 2.13 bits per heavy atom. The summed E-state index contributed by atoms with van der Waals surface area (Å²) in [5.74, 6) is 0. The van der Waals surface area contributed by atoms with E-state index >= 15 is 0 Å². The molecule has 1 aliphatic rings. The van der Waals surface area contributed by atoms with Crippen molar-refractivity contribution >= 4 is 11.0 Å². The molecule has 4 heteroatoms. The minimum absolute atomic E-state index is 0.240. The molecule has 0 radical (unpaired) electrons. The number of fused-ring (bicyclic) bond motifs is 1. The summed E-state index contributed by atoms with van der Waals surface area (Å²) in [5.41, 5.74) is 3.71. The highest BCUT2D eigenvalue weighted by Crippen LogP contribution is 2.23. The lowest BCUT2D eigenvalue weighted by Crippen LogP contribution is -3.15. The molecule has 4 nitrogen and oxygen atoms in total. The number of rotatable bonds is 4. The van der Waals surface area contributed by atoms with Gasteiger partial charge in [-0.25, -0.2) is 4.79 Å². The van der Waals surface area contributed by atoms with Crippen LogP contribution in [0.2, 0.25) is 0 Å². The zero-order valence-electron chi connectivity index (χ0n) is 14.0. The van der Waals surface area contributed by atoms with Crippen molar-refractivity contribution in [1.82, 2.24) is 0 Å². The fourth-order valence-electron chi connectivity index (χ4n) is 3.80. The Bertz CT molecular complexity index is 748. The molecule has 2 heterocycles. The maximum Gasteiger partial charge on any atom is 0.336 e. The molecule has 0 aliphatic carbocycles. The maximum absolute atomic E-state index is 12.0. The van der Waals surface area contributed by atoms with Crippen LogP contribution in [0.5, 0.6) is 0 Å². The monoisotopic (exact) mass is 316 g/mol. The zero-order valence-corrected chi connectivity index (χ0v) is 14.0. The van der Waals surface area contributed by atoms with Gasteiger partial charge in [0.2, 0.25) is 0 Å². The van der Waals surface area contributed by atoms with Crippen LogP contribution in [-0.4, -0.2) is 24.3 Å². The summed E-state index contributed by atoms with van der Waals surface area (Å²) in [4.78, 5) is 13.5. The van der Waals surface area contributed by atoms with E-state index in [4.69, 9.17) is 4.42 Å². The fraction of sp³-hybridized carbons (Fsp3) is 0.526. The molecular weight excluding hydrogens is 290 g/mol. The Labute approximate surface area is 136 Å². The number of likely N-dealkylation sites (tertiary alicyclic amines) is 1. The second-order valence-electron chi connectivity index (χ2n) is 6.76. The first-order valence-electron chi connectivity index (χ1n) is 8.58. The van der Waals surface area contributed by atoms with E-state index in [1.807, 2.05) is 13.8 Å². The number of piperidine rings is 1. The van der Waals surface area contributed by atoms with Crippen LogP contribution in [0.1, 0.15) is 42.4 Å². The van der Waals surface area contributed by atoms with Crippen LogP contribution in [-0.2, 0) is 6.54 Å². The first-order valence-corrected chi connectivity index (χ1v) is 8.58. The second kappa shape index (κ2) is 6.85. The van der Waals surface area contributed by atoms with Gasteiger partial charge in [-0.2, -0.15) is 0 Å². The zero-order chi connectivity index (χ0) is 16.4. The molecule has 1 aliphatic heterocycles. The van der Waals surface area contributed by atoms with Crippen molar-refractivity contribution in [1.29, 1.82) is 0 Å². The molecule has 2 atom stereocenters. The molecule has 3 rings (SSSR count). The largest absolute Gasteiger partial charge is 0.422 e. The lowest BCUT2D eigenvalue weighted by atomic mass is 9.97. The highest BCUT2D eigenvalue weighted by molar-refractivity contribution is 5.83. The second-order valence-corrected chi connectivity index (χ2v) is 6.76. The summed E-state index contributed by atoms with van der Waals surface area (Å²) in [6, 6.07) is 6.30. The fourth-order valence-corrected chi connectivity index (χ4v) is 3.80. The van der Waals surface area contributed by atoms with Gasteiger partial charge in [-0.3, -0.25) is 0 Å². The first-order chi connectivity index (χ1) is 11.1. The number of aliphatic hydroxyl groups is 1. The number of hydrogen-bond donors (Lipinski definition) is 2. The van der Waals surface area contributed by atoms with Crippen LogP contribution in [0, 0.1) is 13.8 Å². The Morgan fingerprint density at radius 3 is 2.91 bits per heavy atom. The minimum Gasteiger partial charge on any atom is -0.422 e. The molecule has 1 saturated heterocycles. The molecule has 23 heavy (non-hydrogen) atoms. The van der Waals surface area contributed by atoms with Gasteiger partial charge < -0.3 is 14.4 Å². The summed E-state index contributed by atoms with van der Waals surface area (Å²) >= 11 is 0. The van der Waals surface area contributed by atoms with E-state index in [9.17, 15) is 9.90 Å². The van der Waals surface area contributed by atoms with Gasteiger partial charge in [0.15, 0.2) is 0 Å². The molecule has 1 aromatic heterocycles. The minimum atomic E-state index is -0.267. The Morgan fingerprint density at radius 1 is 1.30 bits per heavy atom. The predicted molar refractivity (Wildman–Crippen MR) is 90.8 cm³/mol. The number of aryl methyl sites for hydroxylation is 2. The quantitative estimate of drug-likeness (QED) is 0.845. The van der Waals surface area contributed by atoms with Crippen LogP contribution >= 0.6 is 0 Å². The third-order valence-corrected chi connectivity index (χ3v) is 5.29. The number of quaternary nitrogens is 1. The van der Waals surface area contributed by atoms with E-state index in [1.54, 1.807) is 6.07 Å². The molecule has 124 valence electrons. The van der Waals surface area contributed by atoms with Crippen LogP contribution in [0.3, 0.4) is 0 Å². The van der Waals surface area contributed by atoms with E-state index in [1.165, 1.54) is 17.7 Å². The van der Waals surface area contributed by atoms with E-state index < -0.39 is 0 Å². The predicted octanol–water partition coefficient (Wildman–Crippen LogP) is 1.73. The lowest BCUT2D eigenvalue weighted by molar-refractivity contribution is -0.944. The van der Waals surface area contributed by atoms with Gasteiger partial charge in [-0.05, 0) is 44.2 Å². The Balaban J connectivity index is 1.99. The number of benzene rings is 1. The molecule has 1 fully saturated rings. The Hall–Kier alpha value is -1.65. The van der Waals surface area contributed by atoms with Gasteiger partial charge in [-0.15, -0.1) is 0 Å². The van der Waals surface area contributed by atoms with Crippen molar-refractivity contribution in [3.8, 4) is 0 Å². The van der Waals surface area contributed by atoms with Gasteiger partial charge >= 0.3 is 5.63 Å². The summed E-state index contributed by atoms with van der Waals surface area (Å²) in [5, 5.41) is 10.4.